The van der Waals surface area contributed by atoms with E-state index in [1.54, 1.807) is 68.4 Å². The maximum absolute atomic E-state index is 13.7. The van der Waals surface area contributed by atoms with Gasteiger partial charge in [0.2, 0.25) is 0 Å². The summed E-state index contributed by atoms with van der Waals surface area (Å²) in [7, 11) is 1.37. The van der Waals surface area contributed by atoms with Gasteiger partial charge in [0.15, 0.2) is 16.6 Å². The highest BCUT2D eigenvalue weighted by atomic mass is 32.1. The van der Waals surface area contributed by atoms with Crippen molar-refractivity contribution in [2.75, 3.05) is 27.1 Å². The molecule has 12 nitrogen and oxygen atoms in total. The number of benzene rings is 3. The number of thiocarbonyl (C=S) groups is 1. The third kappa shape index (κ3) is 4.76. The SMILES string of the molecule is CCOC(=O)C1=C(C)N(CN2C(=O)c3ccccc3C2=O)C(=S)N(CN2C(=O)c3ccccc3C2=O)C1c1ccc(O)c(OC)c1. The summed E-state index contributed by atoms with van der Waals surface area (Å²) >= 11 is 5.98. The molecule has 13 heteroatoms. The molecule has 3 heterocycles. The molecule has 0 fully saturated rings. The van der Waals surface area contributed by atoms with Gasteiger partial charge in [-0.3, -0.25) is 29.0 Å². The molecule has 0 aliphatic carbocycles. The second-order valence-corrected chi connectivity index (χ2v) is 11.0. The standard InChI is InChI=1S/C33H28N4O8S/c1-4-45-32(43)26-18(2)34(16-36-28(39)20-9-5-6-10-21(20)29(36)40)33(46)35(27(26)19-13-14-24(38)25(15-19)44-3)17-37-30(41)22-11-7-8-12-23(22)31(37)42/h5-15,27,38H,4,16-17H2,1-3H3. The van der Waals surface area contributed by atoms with Gasteiger partial charge in [-0.2, -0.15) is 0 Å². The number of nitrogens with zero attached hydrogens (tertiary/aromatic N) is 4. The summed E-state index contributed by atoms with van der Waals surface area (Å²) in [5.74, 6) is -2.94. The normalized spacial score (nSPS) is 17.6. The fourth-order valence-electron chi connectivity index (χ4n) is 5.92. The third-order valence-corrected chi connectivity index (χ3v) is 8.66. The molecule has 0 radical (unpaired) electrons. The van der Waals surface area contributed by atoms with Crippen LogP contribution in [0.3, 0.4) is 0 Å². The number of hydrogen-bond donors (Lipinski definition) is 1. The topological polar surface area (TPSA) is 137 Å². The van der Waals surface area contributed by atoms with E-state index >= 15 is 0 Å². The Hall–Kier alpha value is -5.56. The van der Waals surface area contributed by atoms with Gasteiger partial charge in [0.25, 0.3) is 23.6 Å². The van der Waals surface area contributed by atoms with E-state index in [1.807, 2.05) is 0 Å². The number of methoxy groups -OCH3 is 1. The maximum Gasteiger partial charge on any atom is 0.338 e. The first-order valence-electron chi connectivity index (χ1n) is 14.3. The van der Waals surface area contributed by atoms with Crippen LogP contribution in [-0.4, -0.2) is 86.5 Å². The van der Waals surface area contributed by atoms with Crippen molar-refractivity contribution in [2.45, 2.75) is 19.9 Å². The van der Waals surface area contributed by atoms with Gasteiger partial charge in [-0.15, -0.1) is 0 Å². The van der Waals surface area contributed by atoms with Crippen molar-refractivity contribution in [1.82, 2.24) is 19.6 Å². The van der Waals surface area contributed by atoms with Crippen LogP contribution in [0.4, 0.5) is 0 Å². The average molecular weight is 641 g/mol. The third-order valence-electron chi connectivity index (χ3n) is 8.20. The molecule has 1 N–H and O–H groups in total. The number of carbonyl (C=O) groups excluding carboxylic acids is 5. The van der Waals surface area contributed by atoms with Gasteiger partial charge >= 0.3 is 5.97 Å². The maximum atomic E-state index is 13.7. The summed E-state index contributed by atoms with van der Waals surface area (Å²) in [5, 5.41) is 10.4. The van der Waals surface area contributed by atoms with Crippen molar-refractivity contribution >= 4 is 46.9 Å². The van der Waals surface area contributed by atoms with Gasteiger partial charge in [-0.1, -0.05) is 30.3 Å². The summed E-state index contributed by atoms with van der Waals surface area (Å²) in [4.78, 5) is 72.4. The zero-order valence-corrected chi connectivity index (χ0v) is 25.9. The van der Waals surface area contributed by atoms with Crippen molar-refractivity contribution in [3.8, 4) is 11.5 Å². The Morgan fingerprint density at radius 1 is 0.804 bits per heavy atom. The molecule has 46 heavy (non-hydrogen) atoms. The fourth-order valence-corrected chi connectivity index (χ4v) is 6.28. The minimum atomic E-state index is -1.04. The second-order valence-electron chi connectivity index (χ2n) is 10.7. The number of rotatable bonds is 8. The van der Waals surface area contributed by atoms with E-state index in [0.717, 1.165) is 9.80 Å². The van der Waals surface area contributed by atoms with E-state index in [1.165, 1.54) is 29.0 Å². The van der Waals surface area contributed by atoms with Crippen LogP contribution < -0.4 is 4.74 Å². The summed E-state index contributed by atoms with van der Waals surface area (Å²) < 4.78 is 10.8. The van der Waals surface area contributed by atoms with E-state index in [0.29, 0.717) is 5.56 Å². The highest BCUT2D eigenvalue weighted by Crippen LogP contribution is 2.42. The van der Waals surface area contributed by atoms with Crippen molar-refractivity contribution in [2.24, 2.45) is 0 Å². The molecule has 0 spiro atoms. The highest BCUT2D eigenvalue weighted by Gasteiger charge is 2.46. The van der Waals surface area contributed by atoms with Crippen LogP contribution >= 0.6 is 12.2 Å². The molecular formula is C33H28N4O8S. The lowest BCUT2D eigenvalue weighted by molar-refractivity contribution is -0.139. The minimum Gasteiger partial charge on any atom is -0.504 e. The number of hydrogen-bond acceptors (Lipinski definition) is 9. The van der Waals surface area contributed by atoms with E-state index in [-0.39, 0.29) is 63.4 Å². The summed E-state index contributed by atoms with van der Waals surface area (Å²) in [5.41, 5.74) is 1.71. The lowest BCUT2D eigenvalue weighted by atomic mass is 9.93. The smallest absolute Gasteiger partial charge is 0.338 e. The molecule has 234 valence electrons. The van der Waals surface area contributed by atoms with Crippen LogP contribution in [0.5, 0.6) is 11.5 Å². The van der Waals surface area contributed by atoms with Crippen molar-refractivity contribution in [3.05, 3.63) is 106 Å². The first-order chi connectivity index (χ1) is 22.1. The molecule has 0 saturated carbocycles. The van der Waals surface area contributed by atoms with Crippen molar-refractivity contribution in [3.63, 3.8) is 0 Å². The van der Waals surface area contributed by atoms with Crippen molar-refractivity contribution in [1.29, 1.82) is 0 Å². The van der Waals surface area contributed by atoms with Gasteiger partial charge in [0.05, 0.1) is 47.6 Å². The molecule has 3 aromatic carbocycles. The zero-order chi connectivity index (χ0) is 32.9. The molecule has 0 bridgehead atoms. The molecule has 3 aliphatic rings. The molecule has 3 aliphatic heterocycles. The van der Waals surface area contributed by atoms with Crippen LogP contribution in [0.15, 0.2) is 78.0 Å². The monoisotopic (exact) mass is 640 g/mol. The Morgan fingerprint density at radius 2 is 1.30 bits per heavy atom. The molecule has 6 rings (SSSR count). The Labute approximate surface area is 269 Å². The van der Waals surface area contributed by atoms with Crippen LogP contribution in [0.1, 0.15) is 66.9 Å². The van der Waals surface area contributed by atoms with Gasteiger partial charge in [-0.25, -0.2) is 4.79 Å². The van der Waals surface area contributed by atoms with Crippen LogP contribution in [0.25, 0.3) is 0 Å². The number of ether oxygens (including phenoxy) is 2. The predicted octanol–water partition coefficient (Wildman–Crippen LogP) is 3.69. The Morgan fingerprint density at radius 3 is 1.78 bits per heavy atom. The lowest BCUT2D eigenvalue weighted by Crippen LogP contribution is -2.57. The van der Waals surface area contributed by atoms with Gasteiger partial charge in [-0.05, 0) is 68.0 Å². The minimum absolute atomic E-state index is 0.0238. The van der Waals surface area contributed by atoms with Crippen LogP contribution in [0, 0.1) is 0 Å². The van der Waals surface area contributed by atoms with E-state index in [9.17, 15) is 29.1 Å². The first-order valence-corrected chi connectivity index (χ1v) is 14.7. The predicted molar refractivity (Wildman–Crippen MR) is 167 cm³/mol. The second kappa shape index (κ2) is 11.7. The number of imide groups is 2. The fraction of sp³-hybridized carbons (Fsp3) is 0.212. The average Bonchev–Trinajstić information content (AvgIpc) is 3.44. The number of allylic oxidation sites excluding steroid dienone is 1. The quantitative estimate of drug-likeness (QED) is 0.219. The largest absolute Gasteiger partial charge is 0.504 e. The number of phenolic OH excluding ortho intramolecular Hbond substituents is 1. The molecule has 1 unspecified atom stereocenters. The van der Waals surface area contributed by atoms with E-state index in [4.69, 9.17) is 21.7 Å². The Kier molecular flexibility index (Phi) is 7.78. The number of esters is 1. The number of amides is 4. The number of aromatic hydroxyl groups is 1. The van der Waals surface area contributed by atoms with E-state index in [2.05, 4.69) is 0 Å². The van der Waals surface area contributed by atoms with Crippen molar-refractivity contribution < 1.29 is 38.6 Å². The van der Waals surface area contributed by atoms with Gasteiger partial charge in [0, 0.05) is 5.70 Å². The molecule has 0 aromatic heterocycles. The highest BCUT2D eigenvalue weighted by molar-refractivity contribution is 7.80. The molecule has 1 atom stereocenters. The van der Waals surface area contributed by atoms with Gasteiger partial charge < -0.3 is 24.4 Å². The molecule has 0 saturated heterocycles. The zero-order valence-electron chi connectivity index (χ0n) is 25.1. The Bertz CT molecular complexity index is 1820. The molecule has 4 amide bonds. The first kappa shape index (κ1) is 30.5. The summed E-state index contributed by atoms with van der Waals surface area (Å²) in [6.45, 7) is 2.54. The molecule has 3 aromatic rings. The van der Waals surface area contributed by atoms with Gasteiger partial charge in [0.1, 0.15) is 13.3 Å². The summed E-state index contributed by atoms with van der Waals surface area (Å²) in [6, 6.07) is 16.3. The number of carbonyl (C=O) groups is 5. The van der Waals surface area contributed by atoms with Crippen LogP contribution in [-0.2, 0) is 9.53 Å². The molecular weight excluding hydrogens is 612 g/mol. The lowest BCUT2D eigenvalue weighted by Gasteiger charge is -2.46. The number of fused-ring (bicyclic) bond motifs is 2. The summed E-state index contributed by atoms with van der Waals surface area (Å²) in [6.07, 6.45) is 0. The number of phenols is 1. The van der Waals surface area contributed by atoms with E-state index < -0.39 is 42.3 Å². The Balaban J connectivity index is 1.49. The van der Waals surface area contributed by atoms with Crippen LogP contribution in [0.2, 0.25) is 0 Å².